The Kier molecular flexibility index (Phi) is 5.56. The zero-order valence-corrected chi connectivity index (χ0v) is 18.1. The second-order valence-corrected chi connectivity index (χ2v) is 8.92. The van der Waals surface area contributed by atoms with Crippen LogP contribution in [0.1, 0.15) is 48.8 Å². The molecule has 0 saturated heterocycles. The molecule has 2 heterocycles. The molecule has 7 heteroatoms. The molecule has 1 aliphatic heterocycles. The Morgan fingerprint density at radius 2 is 1.93 bits per heavy atom. The van der Waals surface area contributed by atoms with Crippen molar-refractivity contribution in [1.82, 2.24) is 9.78 Å². The van der Waals surface area contributed by atoms with Gasteiger partial charge in [-0.3, -0.25) is 14.6 Å². The summed E-state index contributed by atoms with van der Waals surface area (Å²) in [5.41, 5.74) is 2.61. The Hall–Kier alpha value is -2.44. The van der Waals surface area contributed by atoms with Crippen LogP contribution in [0.2, 0.25) is 5.02 Å². The molecule has 4 rings (SSSR count). The van der Waals surface area contributed by atoms with Crippen LogP contribution in [0.4, 0.5) is 5.82 Å². The van der Waals surface area contributed by atoms with E-state index in [9.17, 15) is 4.79 Å². The van der Waals surface area contributed by atoms with Crippen molar-refractivity contribution >= 4 is 34.2 Å². The SMILES string of the molecule is CC1=Nc2c(c(=O)[nH]n2C(C)C)[C@@H](c2ccc(OCc3ccccc3Cl)cc2)S1. The lowest BCUT2D eigenvalue weighted by molar-refractivity contribution is 0.306. The Morgan fingerprint density at radius 1 is 1.21 bits per heavy atom. The lowest BCUT2D eigenvalue weighted by Crippen LogP contribution is -2.13. The highest BCUT2D eigenvalue weighted by Gasteiger charge is 2.30. The summed E-state index contributed by atoms with van der Waals surface area (Å²) in [5, 5.41) is 4.47. The lowest BCUT2D eigenvalue weighted by atomic mass is 10.1. The highest BCUT2D eigenvalue weighted by Crippen LogP contribution is 2.44. The number of fused-ring (bicyclic) bond motifs is 1. The summed E-state index contributed by atoms with van der Waals surface area (Å²) in [6, 6.07) is 15.7. The number of benzene rings is 2. The topological polar surface area (TPSA) is 59.4 Å². The molecule has 1 N–H and O–H groups in total. The van der Waals surface area contributed by atoms with Gasteiger partial charge in [0.1, 0.15) is 12.4 Å². The third-order valence-electron chi connectivity index (χ3n) is 4.80. The number of halogens is 1. The molecule has 0 aliphatic carbocycles. The number of ether oxygens (including phenoxy) is 1. The average Bonchev–Trinajstić information content (AvgIpc) is 3.04. The third kappa shape index (κ3) is 4.00. The van der Waals surface area contributed by atoms with Crippen LogP contribution in [0.5, 0.6) is 5.75 Å². The van der Waals surface area contributed by atoms with E-state index in [-0.39, 0.29) is 16.9 Å². The first-order valence-corrected chi connectivity index (χ1v) is 10.7. The molecule has 1 aromatic heterocycles. The predicted molar refractivity (Wildman–Crippen MR) is 120 cm³/mol. The van der Waals surface area contributed by atoms with Gasteiger partial charge in [-0.15, -0.1) is 0 Å². The fourth-order valence-corrected chi connectivity index (χ4v) is 4.63. The number of nitrogens with one attached hydrogen (secondary N) is 1. The maximum absolute atomic E-state index is 12.6. The minimum absolute atomic E-state index is 0.0819. The van der Waals surface area contributed by atoms with E-state index in [0.717, 1.165) is 27.7 Å². The molecule has 1 aliphatic rings. The largest absolute Gasteiger partial charge is 0.489 e. The molecule has 3 aromatic rings. The Labute approximate surface area is 178 Å². The minimum Gasteiger partial charge on any atom is -0.489 e. The molecule has 150 valence electrons. The molecule has 0 radical (unpaired) electrons. The van der Waals surface area contributed by atoms with Crippen LogP contribution >= 0.6 is 23.4 Å². The molecule has 0 bridgehead atoms. The highest BCUT2D eigenvalue weighted by atomic mass is 35.5. The second kappa shape index (κ2) is 8.13. The smallest absolute Gasteiger partial charge is 0.271 e. The number of thioether (sulfide) groups is 1. The molecule has 0 unspecified atom stereocenters. The normalized spacial score (nSPS) is 15.9. The summed E-state index contributed by atoms with van der Waals surface area (Å²) in [6.07, 6.45) is 0. The van der Waals surface area contributed by atoms with Crippen molar-refractivity contribution < 1.29 is 4.74 Å². The molecule has 0 spiro atoms. The fourth-order valence-electron chi connectivity index (χ4n) is 3.33. The number of rotatable bonds is 5. The van der Waals surface area contributed by atoms with Crippen LogP contribution in [0.15, 0.2) is 58.3 Å². The van der Waals surface area contributed by atoms with Gasteiger partial charge in [0.25, 0.3) is 5.56 Å². The zero-order chi connectivity index (χ0) is 20.5. The van der Waals surface area contributed by atoms with Crippen LogP contribution in [0, 0.1) is 0 Å². The van der Waals surface area contributed by atoms with Crippen LogP contribution in [0.25, 0.3) is 0 Å². The van der Waals surface area contributed by atoms with E-state index in [2.05, 4.69) is 10.1 Å². The van der Waals surface area contributed by atoms with Gasteiger partial charge < -0.3 is 4.74 Å². The molecular formula is C22H22ClN3O2S. The molecular weight excluding hydrogens is 406 g/mol. The summed E-state index contributed by atoms with van der Waals surface area (Å²) in [7, 11) is 0. The number of aromatic nitrogens is 2. The fraction of sp³-hybridized carbons (Fsp3) is 0.273. The van der Waals surface area contributed by atoms with Gasteiger partial charge in [-0.25, -0.2) is 4.99 Å². The molecule has 29 heavy (non-hydrogen) atoms. The summed E-state index contributed by atoms with van der Waals surface area (Å²) in [6.45, 7) is 6.44. The molecule has 5 nitrogen and oxygen atoms in total. The van der Waals surface area contributed by atoms with E-state index < -0.39 is 0 Å². The van der Waals surface area contributed by atoms with Gasteiger partial charge in [-0.1, -0.05) is 53.7 Å². The van der Waals surface area contributed by atoms with Crippen molar-refractivity contribution in [2.75, 3.05) is 0 Å². The molecule has 0 saturated carbocycles. The van der Waals surface area contributed by atoms with Crippen LogP contribution < -0.4 is 10.3 Å². The van der Waals surface area contributed by atoms with Gasteiger partial charge in [0.15, 0.2) is 5.82 Å². The third-order valence-corrected chi connectivity index (χ3v) is 6.35. The average molecular weight is 428 g/mol. The van der Waals surface area contributed by atoms with Crippen molar-refractivity contribution in [2.45, 2.75) is 38.7 Å². The quantitative estimate of drug-likeness (QED) is 0.553. The van der Waals surface area contributed by atoms with Gasteiger partial charge in [-0.05, 0) is 44.5 Å². The first kappa shape index (κ1) is 19.9. The maximum atomic E-state index is 12.6. The highest BCUT2D eigenvalue weighted by molar-refractivity contribution is 8.14. The van der Waals surface area contributed by atoms with E-state index >= 15 is 0 Å². The molecule has 2 aromatic carbocycles. The summed E-state index contributed by atoms with van der Waals surface area (Å²) in [5.74, 6) is 1.49. The van der Waals surface area contributed by atoms with Gasteiger partial charge in [-0.2, -0.15) is 0 Å². The van der Waals surface area contributed by atoms with E-state index in [1.807, 2.05) is 74.0 Å². The summed E-state index contributed by atoms with van der Waals surface area (Å²) >= 11 is 7.79. The zero-order valence-electron chi connectivity index (χ0n) is 16.5. The number of aromatic amines is 1. The summed E-state index contributed by atoms with van der Waals surface area (Å²) in [4.78, 5) is 17.3. The van der Waals surface area contributed by atoms with Crippen molar-refractivity contribution in [2.24, 2.45) is 4.99 Å². The van der Waals surface area contributed by atoms with Gasteiger partial charge in [0.2, 0.25) is 0 Å². The summed E-state index contributed by atoms with van der Waals surface area (Å²) < 4.78 is 7.72. The van der Waals surface area contributed by atoms with E-state index in [1.54, 1.807) is 11.8 Å². The van der Waals surface area contributed by atoms with Gasteiger partial charge >= 0.3 is 0 Å². The van der Waals surface area contributed by atoms with Gasteiger partial charge in [0, 0.05) is 16.6 Å². The number of aliphatic imine (C=N–C) groups is 1. The van der Waals surface area contributed by atoms with E-state index in [4.69, 9.17) is 16.3 Å². The van der Waals surface area contributed by atoms with Gasteiger partial charge in [0.05, 0.1) is 15.9 Å². The maximum Gasteiger partial charge on any atom is 0.271 e. The minimum atomic E-state index is -0.0936. The Bertz CT molecular complexity index is 1120. The van der Waals surface area contributed by atoms with Crippen molar-refractivity contribution in [3.05, 3.63) is 80.6 Å². The van der Waals surface area contributed by atoms with Crippen LogP contribution in [-0.4, -0.2) is 14.8 Å². The van der Waals surface area contributed by atoms with Crippen LogP contribution in [-0.2, 0) is 6.61 Å². The van der Waals surface area contributed by atoms with Crippen molar-refractivity contribution in [3.8, 4) is 5.75 Å². The Balaban J connectivity index is 1.58. The number of nitrogens with zero attached hydrogens (tertiary/aromatic N) is 2. The van der Waals surface area contributed by atoms with Crippen molar-refractivity contribution in [1.29, 1.82) is 0 Å². The predicted octanol–water partition coefficient (Wildman–Crippen LogP) is 5.88. The van der Waals surface area contributed by atoms with Crippen molar-refractivity contribution in [3.63, 3.8) is 0 Å². The first-order chi connectivity index (χ1) is 13.9. The standard InChI is InChI=1S/C22H22ClN3O2S/c1-13(2)26-21-19(22(27)25-26)20(29-14(3)24-21)15-8-10-17(11-9-15)28-12-16-6-4-5-7-18(16)23/h4-11,13,20H,12H2,1-3H3,(H,25,27)/t20-/m1/s1. The molecule has 0 amide bonds. The Morgan fingerprint density at radius 3 is 2.62 bits per heavy atom. The van der Waals surface area contributed by atoms with Crippen LogP contribution in [0.3, 0.4) is 0 Å². The first-order valence-electron chi connectivity index (χ1n) is 9.46. The lowest BCUT2D eigenvalue weighted by Gasteiger charge is -2.21. The molecule has 1 atom stereocenters. The monoisotopic (exact) mass is 427 g/mol. The number of H-pyrrole nitrogens is 1. The van der Waals surface area contributed by atoms with E-state index in [0.29, 0.717) is 17.2 Å². The van der Waals surface area contributed by atoms with E-state index in [1.165, 1.54) is 0 Å². The number of hydrogen-bond donors (Lipinski definition) is 1. The second-order valence-electron chi connectivity index (χ2n) is 7.22. The number of hydrogen-bond acceptors (Lipinski definition) is 4. The molecule has 0 fully saturated rings.